The summed E-state index contributed by atoms with van der Waals surface area (Å²) in [5.41, 5.74) is 3.91. The lowest BCUT2D eigenvalue weighted by Crippen LogP contribution is -2.45. The second-order valence-corrected chi connectivity index (χ2v) is 7.45. The lowest BCUT2D eigenvalue weighted by molar-refractivity contribution is 0.0924. The van der Waals surface area contributed by atoms with Gasteiger partial charge in [0.05, 0.1) is 5.69 Å². The van der Waals surface area contributed by atoms with E-state index in [0.29, 0.717) is 5.69 Å². The second-order valence-electron chi connectivity index (χ2n) is 6.54. The van der Waals surface area contributed by atoms with E-state index in [1.807, 2.05) is 28.9 Å². The Morgan fingerprint density at radius 3 is 2.96 bits per heavy atom. The van der Waals surface area contributed by atoms with Crippen LogP contribution in [0.1, 0.15) is 41.0 Å². The molecule has 0 spiro atoms. The third-order valence-electron chi connectivity index (χ3n) is 4.83. The summed E-state index contributed by atoms with van der Waals surface area (Å²) in [5, 5.41) is 11.2. The molecule has 1 aliphatic carbocycles. The van der Waals surface area contributed by atoms with E-state index in [0.717, 1.165) is 60.9 Å². The summed E-state index contributed by atoms with van der Waals surface area (Å²) in [5.74, 6) is -0.0319. The van der Waals surface area contributed by atoms with E-state index in [9.17, 15) is 4.79 Å². The zero-order valence-electron chi connectivity index (χ0n) is 13.9. The van der Waals surface area contributed by atoms with Gasteiger partial charge >= 0.3 is 0 Å². The Bertz CT molecular complexity index is 770. The normalized spacial score (nSPS) is 19.2. The van der Waals surface area contributed by atoms with Crippen molar-refractivity contribution in [1.29, 1.82) is 0 Å². The summed E-state index contributed by atoms with van der Waals surface area (Å²) in [6.07, 6.45) is 5.15. The molecule has 7 heteroatoms. The van der Waals surface area contributed by atoms with Gasteiger partial charge in [-0.1, -0.05) is 22.0 Å². The van der Waals surface area contributed by atoms with Crippen molar-refractivity contribution in [2.45, 2.75) is 38.1 Å². The summed E-state index contributed by atoms with van der Waals surface area (Å²) in [6, 6.07) is 8.27. The molecule has 1 aliphatic heterocycles. The fourth-order valence-corrected chi connectivity index (χ4v) is 4.06. The zero-order chi connectivity index (χ0) is 16.5. The van der Waals surface area contributed by atoms with E-state index in [1.54, 1.807) is 0 Å². The average molecular weight is 426 g/mol. The number of piperidine rings is 1. The van der Waals surface area contributed by atoms with E-state index in [2.05, 4.69) is 31.7 Å². The Kier molecular flexibility index (Phi) is 5.81. The van der Waals surface area contributed by atoms with Gasteiger partial charge in [-0.15, -0.1) is 12.4 Å². The highest BCUT2D eigenvalue weighted by Crippen LogP contribution is 2.28. The third kappa shape index (κ3) is 3.76. The molecule has 2 aromatic rings. The van der Waals surface area contributed by atoms with Crippen LogP contribution in [0, 0.1) is 0 Å². The number of nitrogens with one attached hydrogen (secondary N) is 2. The SMILES string of the molecule is Cl.O=C(N[C@H]1CCCNC1)c1nn(-c2cccc(Br)c2)c2c1CCC2. The Morgan fingerprint density at radius 1 is 1.32 bits per heavy atom. The number of fused-ring (bicyclic) bond motifs is 1. The second kappa shape index (κ2) is 7.89. The van der Waals surface area contributed by atoms with Gasteiger partial charge in [0.2, 0.25) is 0 Å². The predicted octanol–water partition coefficient (Wildman–Crippen LogP) is 3.03. The summed E-state index contributed by atoms with van der Waals surface area (Å²) in [6.45, 7) is 1.89. The van der Waals surface area contributed by atoms with Crippen molar-refractivity contribution in [3.63, 3.8) is 0 Å². The topological polar surface area (TPSA) is 59.0 Å². The molecule has 134 valence electrons. The maximum absolute atomic E-state index is 12.8. The highest BCUT2D eigenvalue weighted by Gasteiger charge is 2.28. The van der Waals surface area contributed by atoms with Gasteiger partial charge in [-0.2, -0.15) is 5.10 Å². The summed E-state index contributed by atoms with van der Waals surface area (Å²) in [7, 11) is 0. The molecule has 5 nitrogen and oxygen atoms in total. The van der Waals surface area contributed by atoms with Gasteiger partial charge in [-0.25, -0.2) is 4.68 Å². The number of nitrogens with zero attached hydrogens (tertiary/aromatic N) is 2. The quantitative estimate of drug-likeness (QED) is 0.795. The van der Waals surface area contributed by atoms with Gasteiger partial charge in [0.1, 0.15) is 0 Å². The van der Waals surface area contributed by atoms with E-state index < -0.39 is 0 Å². The first-order chi connectivity index (χ1) is 11.7. The van der Waals surface area contributed by atoms with Crippen LogP contribution in [0.25, 0.3) is 5.69 Å². The highest BCUT2D eigenvalue weighted by atomic mass is 79.9. The van der Waals surface area contributed by atoms with Crippen LogP contribution in [0.2, 0.25) is 0 Å². The maximum Gasteiger partial charge on any atom is 0.272 e. The number of benzene rings is 1. The molecular formula is C18H22BrClN4O. The van der Waals surface area contributed by atoms with Crippen LogP contribution in [0.15, 0.2) is 28.7 Å². The number of aromatic nitrogens is 2. The largest absolute Gasteiger partial charge is 0.347 e. The minimum absolute atomic E-state index is 0. The number of hydrogen-bond acceptors (Lipinski definition) is 3. The third-order valence-corrected chi connectivity index (χ3v) is 5.32. The van der Waals surface area contributed by atoms with Crippen molar-refractivity contribution in [3.8, 4) is 5.69 Å². The highest BCUT2D eigenvalue weighted by molar-refractivity contribution is 9.10. The maximum atomic E-state index is 12.8. The molecule has 2 N–H and O–H groups in total. The molecule has 1 aromatic heterocycles. The number of rotatable bonds is 3. The summed E-state index contributed by atoms with van der Waals surface area (Å²) < 4.78 is 2.96. The number of carbonyl (C=O) groups is 1. The number of hydrogen-bond donors (Lipinski definition) is 2. The standard InChI is InChI=1S/C18H21BrN4O.ClH/c19-12-4-1-6-14(10-12)23-16-8-2-7-15(16)17(22-23)18(24)21-13-5-3-9-20-11-13;/h1,4,6,10,13,20H,2-3,5,7-9,11H2,(H,21,24);1H/t13-;/m0./s1. The Balaban J connectivity index is 0.00000182. The summed E-state index contributed by atoms with van der Waals surface area (Å²) in [4.78, 5) is 12.8. The van der Waals surface area contributed by atoms with E-state index in [4.69, 9.17) is 0 Å². The Morgan fingerprint density at radius 2 is 2.20 bits per heavy atom. The predicted molar refractivity (Wildman–Crippen MR) is 104 cm³/mol. The molecule has 1 atom stereocenters. The van der Waals surface area contributed by atoms with Crippen LogP contribution in [0.5, 0.6) is 0 Å². The van der Waals surface area contributed by atoms with E-state index >= 15 is 0 Å². The number of halogens is 2. The molecule has 1 aromatic carbocycles. The first-order valence-corrected chi connectivity index (χ1v) is 9.40. The van der Waals surface area contributed by atoms with Gasteiger partial charge in [0.15, 0.2) is 5.69 Å². The van der Waals surface area contributed by atoms with Crippen LogP contribution in [0.3, 0.4) is 0 Å². The minimum atomic E-state index is -0.0319. The van der Waals surface area contributed by atoms with Crippen molar-refractivity contribution in [1.82, 2.24) is 20.4 Å². The molecule has 0 radical (unpaired) electrons. The fraction of sp³-hybridized carbons (Fsp3) is 0.444. The van der Waals surface area contributed by atoms with Crippen molar-refractivity contribution >= 4 is 34.2 Å². The van der Waals surface area contributed by atoms with Crippen LogP contribution >= 0.6 is 28.3 Å². The van der Waals surface area contributed by atoms with Crippen LogP contribution in [0.4, 0.5) is 0 Å². The Hall–Kier alpha value is -1.37. The molecule has 0 bridgehead atoms. The first-order valence-electron chi connectivity index (χ1n) is 8.60. The van der Waals surface area contributed by atoms with E-state index in [1.165, 1.54) is 5.69 Å². The molecular weight excluding hydrogens is 404 g/mol. The average Bonchev–Trinajstić information content (AvgIpc) is 3.18. The van der Waals surface area contributed by atoms with Crippen molar-refractivity contribution in [2.24, 2.45) is 0 Å². The van der Waals surface area contributed by atoms with Crippen molar-refractivity contribution in [3.05, 3.63) is 45.7 Å². The smallest absolute Gasteiger partial charge is 0.272 e. The lowest BCUT2D eigenvalue weighted by atomic mass is 10.1. The fourth-order valence-electron chi connectivity index (χ4n) is 3.67. The molecule has 2 heterocycles. The molecule has 4 rings (SSSR count). The van der Waals surface area contributed by atoms with Crippen LogP contribution < -0.4 is 10.6 Å². The molecule has 1 amide bonds. The van der Waals surface area contributed by atoms with Crippen molar-refractivity contribution < 1.29 is 4.79 Å². The van der Waals surface area contributed by atoms with Crippen LogP contribution in [-0.4, -0.2) is 34.8 Å². The van der Waals surface area contributed by atoms with Gasteiger partial charge in [0.25, 0.3) is 5.91 Å². The lowest BCUT2D eigenvalue weighted by Gasteiger charge is -2.23. The summed E-state index contributed by atoms with van der Waals surface area (Å²) >= 11 is 3.51. The molecule has 1 fully saturated rings. The van der Waals surface area contributed by atoms with Gasteiger partial charge in [-0.05, 0) is 56.8 Å². The minimum Gasteiger partial charge on any atom is -0.347 e. The number of amides is 1. The molecule has 25 heavy (non-hydrogen) atoms. The van der Waals surface area contributed by atoms with Crippen molar-refractivity contribution in [2.75, 3.05) is 13.1 Å². The van der Waals surface area contributed by atoms with Gasteiger partial charge in [0, 0.05) is 28.3 Å². The monoisotopic (exact) mass is 424 g/mol. The van der Waals surface area contributed by atoms with Crippen LogP contribution in [-0.2, 0) is 12.8 Å². The Labute approximate surface area is 162 Å². The van der Waals surface area contributed by atoms with Gasteiger partial charge < -0.3 is 10.6 Å². The van der Waals surface area contributed by atoms with Gasteiger partial charge in [-0.3, -0.25) is 4.79 Å². The zero-order valence-corrected chi connectivity index (χ0v) is 16.3. The first kappa shape index (κ1) is 18.4. The number of carbonyl (C=O) groups excluding carboxylic acids is 1. The van der Waals surface area contributed by atoms with E-state index in [-0.39, 0.29) is 24.4 Å². The molecule has 1 saturated heterocycles. The molecule has 0 saturated carbocycles. The molecule has 0 unspecified atom stereocenters. The molecule has 2 aliphatic rings.